The molecular formula is C30H31N7O3. The highest BCUT2D eigenvalue weighted by Crippen LogP contribution is 2.26. The van der Waals surface area contributed by atoms with Gasteiger partial charge in [0.05, 0.1) is 35.9 Å². The second-order valence-electron chi connectivity index (χ2n) is 10.4. The normalized spacial score (nSPS) is 17.2. The van der Waals surface area contributed by atoms with Gasteiger partial charge in [-0.05, 0) is 61.7 Å². The van der Waals surface area contributed by atoms with E-state index in [2.05, 4.69) is 15.3 Å². The second-order valence-corrected chi connectivity index (χ2v) is 10.4. The Morgan fingerprint density at radius 3 is 2.70 bits per heavy atom. The molecule has 0 aliphatic carbocycles. The molecule has 6 rings (SSSR count). The van der Waals surface area contributed by atoms with Crippen molar-refractivity contribution in [3.63, 3.8) is 0 Å². The fourth-order valence-electron chi connectivity index (χ4n) is 5.08. The molecule has 204 valence electrons. The summed E-state index contributed by atoms with van der Waals surface area (Å²) in [5.41, 5.74) is 3.22. The minimum atomic E-state index is -0.738. The van der Waals surface area contributed by atoms with E-state index in [-0.39, 0.29) is 5.91 Å². The number of fused-ring (bicyclic) bond motifs is 1. The van der Waals surface area contributed by atoms with Crippen LogP contribution in [0.1, 0.15) is 35.7 Å². The third-order valence-corrected chi connectivity index (χ3v) is 7.15. The molecule has 0 bridgehead atoms. The van der Waals surface area contributed by atoms with Gasteiger partial charge in [0.15, 0.2) is 11.6 Å². The van der Waals surface area contributed by atoms with Crippen LogP contribution in [0.3, 0.4) is 0 Å². The highest BCUT2D eigenvalue weighted by atomic mass is 16.5. The van der Waals surface area contributed by atoms with Crippen molar-refractivity contribution < 1.29 is 14.6 Å². The highest BCUT2D eigenvalue weighted by Gasteiger charge is 2.29. The van der Waals surface area contributed by atoms with Gasteiger partial charge in [-0.3, -0.25) is 9.48 Å². The first-order valence-corrected chi connectivity index (χ1v) is 13.3. The van der Waals surface area contributed by atoms with Crippen molar-refractivity contribution in [2.75, 3.05) is 30.4 Å². The summed E-state index contributed by atoms with van der Waals surface area (Å²) in [5, 5.41) is 18.0. The number of methoxy groups -OCH3 is 1. The molecule has 1 fully saturated rings. The minimum Gasteiger partial charge on any atom is -0.497 e. The van der Waals surface area contributed by atoms with Crippen LogP contribution in [0.25, 0.3) is 22.6 Å². The van der Waals surface area contributed by atoms with Gasteiger partial charge in [-0.15, -0.1) is 0 Å². The van der Waals surface area contributed by atoms with Gasteiger partial charge in [0, 0.05) is 25.4 Å². The van der Waals surface area contributed by atoms with E-state index < -0.39 is 5.60 Å². The van der Waals surface area contributed by atoms with Crippen molar-refractivity contribution >= 4 is 28.6 Å². The molecule has 1 saturated heterocycles. The lowest BCUT2D eigenvalue weighted by atomic mass is 9.95. The lowest BCUT2D eigenvalue weighted by Crippen LogP contribution is -2.46. The second kappa shape index (κ2) is 10.5. The number of hydrogen-bond donors (Lipinski definition) is 3. The predicted molar refractivity (Wildman–Crippen MR) is 154 cm³/mol. The van der Waals surface area contributed by atoms with Crippen molar-refractivity contribution in [3.05, 3.63) is 84.1 Å². The van der Waals surface area contributed by atoms with E-state index >= 15 is 0 Å². The summed E-state index contributed by atoms with van der Waals surface area (Å²) in [6.45, 7) is 3.66. The number of ether oxygens (including phenoxy) is 1. The van der Waals surface area contributed by atoms with Crippen LogP contribution < -0.4 is 15.0 Å². The fourth-order valence-corrected chi connectivity index (χ4v) is 5.08. The topological polar surface area (TPSA) is 121 Å². The Balaban J connectivity index is 1.25. The summed E-state index contributed by atoms with van der Waals surface area (Å²) >= 11 is 0. The summed E-state index contributed by atoms with van der Waals surface area (Å²) in [6.07, 6.45) is 3.22. The van der Waals surface area contributed by atoms with E-state index in [4.69, 9.17) is 14.8 Å². The van der Waals surface area contributed by atoms with E-state index in [0.717, 1.165) is 53.2 Å². The molecule has 4 heterocycles. The van der Waals surface area contributed by atoms with Crippen LogP contribution in [0.2, 0.25) is 0 Å². The van der Waals surface area contributed by atoms with Gasteiger partial charge in [-0.1, -0.05) is 24.3 Å². The highest BCUT2D eigenvalue weighted by molar-refractivity contribution is 6.03. The fraction of sp³-hybridized carbons (Fsp3) is 0.267. The molecular weight excluding hydrogens is 506 g/mol. The number of imidazole rings is 1. The number of benzene rings is 2. The van der Waals surface area contributed by atoms with Crippen LogP contribution in [0.5, 0.6) is 5.75 Å². The number of pyridine rings is 1. The molecule has 2 aromatic carbocycles. The first kappa shape index (κ1) is 25.6. The van der Waals surface area contributed by atoms with Crippen LogP contribution in [0, 0.1) is 0 Å². The molecule has 1 unspecified atom stereocenters. The van der Waals surface area contributed by atoms with Crippen molar-refractivity contribution in [2.45, 2.75) is 31.9 Å². The zero-order valence-corrected chi connectivity index (χ0v) is 22.5. The Morgan fingerprint density at radius 2 is 1.98 bits per heavy atom. The molecule has 1 aliphatic heterocycles. The first-order chi connectivity index (χ1) is 19.4. The van der Waals surface area contributed by atoms with Crippen molar-refractivity contribution in [1.29, 1.82) is 0 Å². The molecule has 0 radical (unpaired) electrons. The summed E-state index contributed by atoms with van der Waals surface area (Å²) in [4.78, 5) is 27.8. The number of nitrogens with zero attached hydrogens (tertiary/aromatic N) is 5. The number of aliphatic hydroxyl groups is 1. The van der Waals surface area contributed by atoms with E-state index in [1.54, 1.807) is 19.4 Å². The smallest absolute Gasteiger partial charge is 0.258 e. The molecule has 1 aliphatic rings. The van der Waals surface area contributed by atoms with Crippen molar-refractivity contribution in [3.8, 4) is 17.3 Å². The lowest BCUT2D eigenvalue weighted by molar-refractivity contribution is 0.0447. The van der Waals surface area contributed by atoms with Gasteiger partial charge in [-0.25, -0.2) is 9.97 Å². The van der Waals surface area contributed by atoms with Crippen LogP contribution in [0.4, 0.5) is 11.6 Å². The number of piperidine rings is 1. The average molecular weight is 538 g/mol. The van der Waals surface area contributed by atoms with Crippen LogP contribution in [-0.4, -0.2) is 61.5 Å². The SMILES string of the molecule is COc1ccc(Cn2nc(NC(=O)c3ccc(N4CCCC(C)(O)C4)nc3)cc2-c2nc3ccccc3[nH]2)cc1. The Morgan fingerprint density at radius 1 is 1.15 bits per heavy atom. The van der Waals surface area contributed by atoms with Crippen LogP contribution in [-0.2, 0) is 6.54 Å². The molecule has 5 aromatic rings. The van der Waals surface area contributed by atoms with Crippen molar-refractivity contribution in [1.82, 2.24) is 24.7 Å². The maximum absolute atomic E-state index is 13.1. The van der Waals surface area contributed by atoms with Gasteiger partial charge >= 0.3 is 0 Å². The Bertz CT molecular complexity index is 1610. The first-order valence-electron chi connectivity index (χ1n) is 13.3. The lowest BCUT2D eigenvalue weighted by Gasteiger charge is -2.37. The number of anilines is 2. The number of aromatic nitrogens is 5. The molecule has 40 heavy (non-hydrogen) atoms. The summed E-state index contributed by atoms with van der Waals surface area (Å²) in [7, 11) is 1.64. The Hall–Kier alpha value is -4.70. The molecule has 0 saturated carbocycles. The molecule has 1 atom stereocenters. The number of nitrogens with one attached hydrogen (secondary N) is 2. The molecule has 3 aromatic heterocycles. The number of aromatic amines is 1. The number of carbonyl (C=O) groups is 1. The number of β-amino-alcohol motifs (C(OH)–C–C–N with tert-alkyl or cyclic N) is 1. The third kappa shape index (κ3) is 5.39. The third-order valence-electron chi connectivity index (χ3n) is 7.15. The number of H-pyrrole nitrogens is 1. The maximum Gasteiger partial charge on any atom is 0.258 e. The minimum absolute atomic E-state index is 0.310. The molecule has 3 N–H and O–H groups in total. The van der Waals surface area contributed by atoms with Gasteiger partial charge < -0.3 is 25.0 Å². The molecule has 0 spiro atoms. The monoisotopic (exact) mass is 537 g/mol. The van der Waals surface area contributed by atoms with E-state index in [9.17, 15) is 9.90 Å². The van der Waals surface area contributed by atoms with Crippen LogP contribution >= 0.6 is 0 Å². The van der Waals surface area contributed by atoms with E-state index in [1.165, 1.54) is 0 Å². The number of carbonyl (C=O) groups excluding carboxylic acids is 1. The quantitative estimate of drug-likeness (QED) is 0.280. The summed E-state index contributed by atoms with van der Waals surface area (Å²) in [6, 6.07) is 21.0. The zero-order chi connectivity index (χ0) is 27.7. The van der Waals surface area contributed by atoms with Gasteiger partial charge in [-0.2, -0.15) is 5.10 Å². The van der Waals surface area contributed by atoms with E-state index in [0.29, 0.717) is 30.3 Å². The van der Waals surface area contributed by atoms with Gasteiger partial charge in [0.25, 0.3) is 5.91 Å². The zero-order valence-electron chi connectivity index (χ0n) is 22.5. The Labute approximate surface area is 231 Å². The molecule has 10 nitrogen and oxygen atoms in total. The molecule has 1 amide bonds. The average Bonchev–Trinajstić information content (AvgIpc) is 3.56. The number of hydrogen-bond acceptors (Lipinski definition) is 7. The van der Waals surface area contributed by atoms with E-state index in [1.807, 2.05) is 77.2 Å². The number of amides is 1. The van der Waals surface area contributed by atoms with Crippen LogP contribution in [0.15, 0.2) is 72.9 Å². The van der Waals surface area contributed by atoms with Crippen molar-refractivity contribution in [2.24, 2.45) is 0 Å². The molecule has 10 heteroatoms. The summed E-state index contributed by atoms with van der Waals surface area (Å²) < 4.78 is 7.10. The Kier molecular flexibility index (Phi) is 6.69. The predicted octanol–water partition coefficient (Wildman–Crippen LogP) is 4.48. The van der Waals surface area contributed by atoms with Gasteiger partial charge in [0.2, 0.25) is 0 Å². The number of para-hydroxylation sites is 2. The maximum atomic E-state index is 13.1. The standard InChI is InChI=1S/C30H31N7O3/c1-30(39)14-5-15-36(19-30)27-13-10-21(17-31-27)29(38)34-26-16-25(28-32-23-6-3-4-7-24(23)33-28)37(35-26)18-20-8-11-22(40-2)12-9-20/h3-4,6-13,16-17,39H,5,14-15,18-19H2,1-2H3,(H,32,33)(H,34,35,38). The largest absolute Gasteiger partial charge is 0.497 e. The number of rotatable bonds is 7. The summed E-state index contributed by atoms with van der Waals surface area (Å²) in [5.74, 6) is 2.28. The van der Waals surface area contributed by atoms with Gasteiger partial charge in [0.1, 0.15) is 17.3 Å².